The summed E-state index contributed by atoms with van der Waals surface area (Å²) in [5.41, 5.74) is -0.106. The highest BCUT2D eigenvalue weighted by molar-refractivity contribution is 6.02. The molecule has 0 radical (unpaired) electrons. The first-order chi connectivity index (χ1) is 10.0. The van der Waals surface area contributed by atoms with E-state index in [0.717, 1.165) is 11.2 Å². The van der Waals surface area contributed by atoms with Crippen molar-refractivity contribution < 1.29 is 24.0 Å². The second-order valence-electron chi connectivity index (χ2n) is 4.18. The Hall–Kier alpha value is -3.17. The highest BCUT2D eigenvalue weighted by Gasteiger charge is 2.27. The van der Waals surface area contributed by atoms with Crippen LogP contribution in [0.15, 0.2) is 17.2 Å². The van der Waals surface area contributed by atoms with Gasteiger partial charge in [-0.3, -0.25) is 20.2 Å². The van der Waals surface area contributed by atoms with Crippen molar-refractivity contribution in [1.82, 2.24) is 10.3 Å². The van der Waals surface area contributed by atoms with Crippen molar-refractivity contribution in [2.45, 2.75) is 0 Å². The lowest BCUT2D eigenvalue weighted by Gasteiger charge is -2.05. The number of nitro groups is 1. The van der Waals surface area contributed by atoms with Crippen molar-refractivity contribution in [3.05, 3.63) is 27.8 Å². The van der Waals surface area contributed by atoms with E-state index in [9.17, 15) is 19.7 Å². The minimum Gasteiger partial charge on any atom is -0.454 e. The number of carbonyl (C=O) groups excluding carboxylic acids is 2. The third kappa shape index (κ3) is 2.33. The highest BCUT2D eigenvalue weighted by Crippen LogP contribution is 2.37. The number of amides is 3. The third-order valence-corrected chi connectivity index (χ3v) is 2.83. The third-order valence-electron chi connectivity index (χ3n) is 2.83. The zero-order chi connectivity index (χ0) is 15.0. The van der Waals surface area contributed by atoms with Gasteiger partial charge in [-0.2, -0.15) is 5.10 Å². The molecule has 3 rings (SSSR count). The van der Waals surface area contributed by atoms with Crippen molar-refractivity contribution in [3.63, 3.8) is 0 Å². The first kappa shape index (κ1) is 12.8. The summed E-state index contributed by atoms with van der Waals surface area (Å²) in [5.74, 6) is 0.134. The number of hydrogen-bond donors (Lipinski definition) is 1. The van der Waals surface area contributed by atoms with Crippen LogP contribution in [-0.2, 0) is 4.79 Å². The smallest absolute Gasteiger partial charge is 0.344 e. The summed E-state index contributed by atoms with van der Waals surface area (Å²) in [4.78, 5) is 32.8. The van der Waals surface area contributed by atoms with Gasteiger partial charge in [0.05, 0.1) is 22.8 Å². The lowest BCUT2D eigenvalue weighted by Crippen LogP contribution is -2.24. The lowest BCUT2D eigenvalue weighted by molar-refractivity contribution is -0.385. The van der Waals surface area contributed by atoms with Gasteiger partial charge in [-0.05, 0) is 6.07 Å². The second kappa shape index (κ2) is 4.74. The lowest BCUT2D eigenvalue weighted by atomic mass is 10.1. The van der Waals surface area contributed by atoms with E-state index in [1.54, 1.807) is 0 Å². The van der Waals surface area contributed by atoms with Gasteiger partial charge in [0, 0.05) is 0 Å². The van der Waals surface area contributed by atoms with Crippen molar-refractivity contribution in [1.29, 1.82) is 0 Å². The summed E-state index contributed by atoms with van der Waals surface area (Å²) < 4.78 is 10.2. The van der Waals surface area contributed by atoms with E-state index in [0.29, 0.717) is 5.75 Å². The van der Waals surface area contributed by atoms with Gasteiger partial charge >= 0.3 is 6.03 Å². The van der Waals surface area contributed by atoms with E-state index in [2.05, 4.69) is 5.10 Å². The number of imide groups is 1. The molecule has 21 heavy (non-hydrogen) atoms. The monoisotopic (exact) mass is 292 g/mol. The van der Waals surface area contributed by atoms with Crippen LogP contribution in [0.4, 0.5) is 10.5 Å². The number of hydrazone groups is 1. The quantitative estimate of drug-likeness (QED) is 0.367. The first-order valence-electron chi connectivity index (χ1n) is 5.78. The van der Waals surface area contributed by atoms with Crippen molar-refractivity contribution in [3.8, 4) is 11.5 Å². The number of rotatable bonds is 3. The number of hydrogen-bond acceptors (Lipinski definition) is 7. The van der Waals surface area contributed by atoms with Gasteiger partial charge in [-0.15, -0.1) is 0 Å². The molecule has 0 aromatic heterocycles. The molecule has 1 fully saturated rings. The van der Waals surface area contributed by atoms with Gasteiger partial charge in [-0.1, -0.05) is 0 Å². The molecular weight excluding hydrogens is 284 g/mol. The molecule has 3 amide bonds. The molecule has 108 valence electrons. The summed E-state index contributed by atoms with van der Waals surface area (Å²) >= 11 is 0. The maximum Gasteiger partial charge on any atom is 0.344 e. The average Bonchev–Trinajstić information content (AvgIpc) is 3.00. The topological polar surface area (TPSA) is 123 Å². The molecule has 1 aromatic carbocycles. The number of nitrogens with one attached hydrogen (secondary N) is 1. The molecule has 10 nitrogen and oxygen atoms in total. The van der Waals surface area contributed by atoms with Gasteiger partial charge in [0.25, 0.3) is 5.69 Å². The van der Waals surface area contributed by atoms with Crippen LogP contribution < -0.4 is 14.8 Å². The van der Waals surface area contributed by atoms with Crippen molar-refractivity contribution in [2.75, 3.05) is 13.3 Å². The fraction of sp³-hybridized carbons (Fsp3) is 0.182. The van der Waals surface area contributed by atoms with Crippen LogP contribution in [0.5, 0.6) is 11.5 Å². The number of fused-ring (bicyclic) bond motifs is 1. The summed E-state index contributed by atoms with van der Waals surface area (Å²) in [7, 11) is 0. The number of urea groups is 1. The number of ether oxygens (including phenoxy) is 2. The van der Waals surface area contributed by atoms with Gasteiger partial charge in [0.1, 0.15) is 6.54 Å². The van der Waals surface area contributed by atoms with Crippen molar-refractivity contribution >= 4 is 23.8 Å². The molecule has 1 saturated heterocycles. The molecule has 0 atom stereocenters. The molecule has 0 saturated carbocycles. The summed E-state index contributed by atoms with van der Waals surface area (Å²) in [6, 6.07) is 1.93. The molecule has 0 spiro atoms. The molecule has 2 heterocycles. The summed E-state index contributed by atoms with van der Waals surface area (Å²) in [6.45, 7) is -0.246. The summed E-state index contributed by atoms with van der Waals surface area (Å²) in [5, 5.41) is 17.7. The molecule has 0 unspecified atom stereocenters. The molecule has 0 aliphatic carbocycles. The number of benzene rings is 1. The fourth-order valence-electron chi connectivity index (χ4n) is 1.86. The van der Waals surface area contributed by atoms with Crippen LogP contribution in [0.3, 0.4) is 0 Å². The number of nitro benzene ring substituents is 1. The Labute approximate surface area is 117 Å². The normalized spacial score (nSPS) is 16.7. The predicted octanol–water partition coefficient (Wildman–Crippen LogP) is 0.209. The van der Waals surface area contributed by atoms with E-state index in [4.69, 9.17) is 9.47 Å². The Kier molecular flexibility index (Phi) is 2.90. The maximum atomic E-state index is 11.3. The van der Waals surface area contributed by atoms with Crippen LogP contribution in [0.25, 0.3) is 0 Å². The molecule has 0 bridgehead atoms. The average molecular weight is 292 g/mol. The molecule has 10 heteroatoms. The van der Waals surface area contributed by atoms with E-state index in [-0.39, 0.29) is 30.3 Å². The predicted molar refractivity (Wildman–Crippen MR) is 67.1 cm³/mol. The minimum absolute atomic E-state index is 0.0177. The van der Waals surface area contributed by atoms with Crippen LogP contribution in [0.1, 0.15) is 5.56 Å². The fourth-order valence-corrected chi connectivity index (χ4v) is 1.86. The van der Waals surface area contributed by atoms with Crippen LogP contribution in [0, 0.1) is 10.1 Å². The van der Waals surface area contributed by atoms with Gasteiger partial charge in [0.2, 0.25) is 12.7 Å². The second-order valence-corrected chi connectivity index (χ2v) is 4.18. The molecule has 1 aromatic rings. The Morgan fingerprint density at radius 1 is 1.33 bits per heavy atom. The van der Waals surface area contributed by atoms with E-state index >= 15 is 0 Å². The Morgan fingerprint density at radius 3 is 2.67 bits per heavy atom. The highest BCUT2D eigenvalue weighted by atomic mass is 16.7. The van der Waals surface area contributed by atoms with Crippen LogP contribution >= 0.6 is 0 Å². The number of carbonyl (C=O) groups is 2. The minimum atomic E-state index is -0.681. The van der Waals surface area contributed by atoms with Crippen molar-refractivity contribution in [2.24, 2.45) is 5.10 Å². The van der Waals surface area contributed by atoms with E-state index in [1.807, 2.05) is 5.32 Å². The standard InChI is InChI=1S/C11H8N4O6/c16-10-4-14(11(17)13-10)12-3-6-1-8-9(21-5-20-8)2-7(6)15(18)19/h1-3H,4-5H2,(H,13,16,17)/b12-3+. The van der Waals surface area contributed by atoms with Gasteiger partial charge in [-0.25, -0.2) is 9.80 Å². The van der Waals surface area contributed by atoms with Crippen LogP contribution in [0.2, 0.25) is 0 Å². The van der Waals surface area contributed by atoms with E-state index in [1.165, 1.54) is 12.1 Å². The molecule has 2 aliphatic heterocycles. The zero-order valence-corrected chi connectivity index (χ0v) is 10.4. The van der Waals surface area contributed by atoms with Crippen LogP contribution in [-0.4, -0.2) is 41.4 Å². The largest absolute Gasteiger partial charge is 0.454 e. The number of nitrogens with zero attached hydrogens (tertiary/aromatic N) is 3. The molecular formula is C11H8N4O6. The van der Waals surface area contributed by atoms with E-state index < -0.39 is 16.9 Å². The Balaban J connectivity index is 1.92. The maximum absolute atomic E-state index is 11.3. The van der Waals surface area contributed by atoms with Gasteiger partial charge in [0.15, 0.2) is 11.5 Å². The van der Waals surface area contributed by atoms with Gasteiger partial charge < -0.3 is 9.47 Å². The first-order valence-corrected chi connectivity index (χ1v) is 5.78. The zero-order valence-electron chi connectivity index (χ0n) is 10.4. The Bertz CT molecular complexity index is 686. The Morgan fingerprint density at radius 2 is 2.05 bits per heavy atom. The SMILES string of the molecule is O=C1CN(/N=C/c2cc3c(cc2[N+](=O)[O-])OCO3)C(=O)N1. The molecule has 1 N–H and O–H groups in total. The summed E-state index contributed by atoms with van der Waals surface area (Å²) in [6.07, 6.45) is 1.12. The molecule has 2 aliphatic rings.